The van der Waals surface area contributed by atoms with Gasteiger partial charge >= 0.3 is 5.97 Å². The van der Waals surface area contributed by atoms with Crippen LogP contribution in [0, 0.1) is 5.82 Å². The largest absolute Gasteiger partial charge is 0.494 e. The van der Waals surface area contributed by atoms with Crippen LogP contribution in [0.4, 0.5) is 18.9 Å². The Bertz CT molecular complexity index is 784. The van der Waals surface area contributed by atoms with Crippen molar-refractivity contribution >= 4 is 29.3 Å². The van der Waals surface area contributed by atoms with Gasteiger partial charge in [-0.3, -0.25) is 4.79 Å². The van der Waals surface area contributed by atoms with Crippen LogP contribution >= 0.6 is 11.8 Å². The summed E-state index contributed by atoms with van der Waals surface area (Å²) in [6.45, 7) is -0.583. The Kier molecular flexibility index (Phi) is 6.90. The van der Waals surface area contributed by atoms with Gasteiger partial charge in [0.15, 0.2) is 18.2 Å². The molecule has 0 aromatic heterocycles. The number of alkyl halides is 2. The average Bonchev–Trinajstić information content (AvgIpc) is 2.61. The molecular formula is C17H14F3NO4S. The molecule has 0 fully saturated rings. The monoisotopic (exact) mass is 385 g/mol. The zero-order chi connectivity index (χ0) is 19.1. The highest BCUT2D eigenvalue weighted by molar-refractivity contribution is 7.99. The van der Waals surface area contributed by atoms with Crippen LogP contribution < -0.4 is 10.1 Å². The van der Waals surface area contributed by atoms with Crippen molar-refractivity contribution in [3.63, 3.8) is 0 Å². The lowest BCUT2D eigenvalue weighted by atomic mass is 10.2. The molecule has 1 N–H and O–H groups in total. The molecule has 5 nitrogen and oxygen atoms in total. The predicted molar refractivity (Wildman–Crippen MR) is 90.2 cm³/mol. The van der Waals surface area contributed by atoms with Crippen molar-refractivity contribution in [1.29, 1.82) is 0 Å². The zero-order valence-electron chi connectivity index (χ0n) is 13.5. The van der Waals surface area contributed by atoms with Crippen molar-refractivity contribution in [3.8, 4) is 5.75 Å². The number of amides is 1. The van der Waals surface area contributed by atoms with Gasteiger partial charge in [0.1, 0.15) is 0 Å². The molecule has 0 aliphatic heterocycles. The molecule has 2 aromatic rings. The first-order valence-corrected chi connectivity index (χ1v) is 8.12. The number of hydrogen-bond acceptors (Lipinski definition) is 5. The third-order valence-corrected chi connectivity index (χ3v) is 3.81. The summed E-state index contributed by atoms with van der Waals surface area (Å²) >= 11 is 0.387. The molecule has 9 heteroatoms. The zero-order valence-corrected chi connectivity index (χ0v) is 14.3. The third kappa shape index (κ3) is 5.69. The summed E-state index contributed by atoms with van der Waals surface area (Å²) in [5.74, 6) is -4.77. The summed E-state index contributed by atoms with van der Waals surface area (Å²) in [5, 5.41) is 2.45. The van der Waals surface area contributed by atoms with Gasteiger partial charge in [-0.1, -0.05) is 11.8 Å². The molecule has 0 aliphatic rings. The molecule has 0 radical (unpaired) electrons. The molecule has 0 bridgehead atoms. The Labute approximate surface area is 151 Å². The fourth-order valence-corrected chi connectivity index (χ4v) is 2.42. The lowest BCUT2D eigenvalue weighted by Gasteiger charge is -2.08. The fourth-order valence-electron chi connectivity index (χ4n) is 1.92. The number of carbonyl (C=O) groups excluding carboxylic acids is 2. The molecule has 26 heavy (non-hydrogen) atoms. The van der Waals surface area contributed by atoms with Crippen LogP contribution in [0.5, 0.6) is 5.75 Å². The molecule has 1 amide bonds. The van der Waals surface area contributed by atoms with E-state index in [-0.39, 0.29) is 11.3 Å². The number of hydrogen-bond donors (Lipinski definition) is 1. The van der Waals surface area contributed by atoms with E-state index in [1.54, 1.807) is 0 Å². The molecule has 0 heterocycles. The maximum absolute atomic E-state index is 13.5. The second kappa shape index (κ2) is 9.14. The lowest BCUT2D eigenvalue weighted by Crippen LogP contribution is -2.21. The van der Waals surface area contributed by atoms with Crippen molar-refractivity contribution in [3.05, 3.63) is 53.8 Å². The molecular weight excluding hydrogens is 371 g/mol. The molecule has 0 unspecified atom stereocenters. The summed E-state index contributed by atoms with van der Waals surface area (Å²) in [6.07, 6.45) is 0. The summed E-state index contributed by atoms with van der Waals surface area (Å²) in [7, 11) is 1.29. The Morgan fingerprint density at radius 2 is 1.85 bits per heavy atom. The molecule has 2 rings (SSSR count). The molecule has 0 aliphatic carbocycles. The highest BCUT2D eigenvalue weighted by Crippen LogP contribution is 2.26. The van der Waals surface area contributed by atoms with Crippen LogP contribution in [0.25, 0.3) is 0 Å². The van der Waals surface area contributed by atoms with E-state index in [0.717, 1.165) is 6.07 Å². The van der Waals surface area contributed by atoms with Crippen molar-refractivity contribution in [2.75, 3.05) is 19.0 Å². The van der Waals surface area contributed by atoms with E-state index in [1.165, 1.54) is 43.5 Å². The maximum Gasteiger partial charge on any atom is 0.338 e. The first kappa shape index (κ1) is 19.6. The topological polar surface area (TPSA) is 64.6 Å². The van der Waals surface area contributed by atoms with Crippen LogP contribution in [0.15, 0.2) is 47.4 Å². The van der Waals surface area contributed by atoms with Gasteiger partial charge in [-0.05, 0) is 42.5 Å². The normalized spacial score (nSPS) is 10.5. The molecule has 0 atom stereocenters. The summed E-state index contributed by atoms with van der Waals surface area (Å²) in [5.41, 5.74) is 0.296. The molecule has 2 aromatic carbocycles. The number of benzene rings is 2. The SMILES string of the molecule is COc1ccc(C(=O)OCC(=O)Nc2ccc(SC(F)F)cc2)cc1F. The van der Waals surface area contributed by atoms with Crippen LogP contribution in [0.2, 0.25) is 0 Å². The van der Waals surface area contributed by atoms with E-state index in [1.807, 2.05) is 0 Å². The molecule has 0 spiro atoms. The van der Waals surface area contributed by atoms with Crippen molar-refractivity contribution in [2.24, 2.45) is 0 Å². The van der Waals surface area contributed by atoms with Crippen LogP contribution in [-0.2, 0) is 9.53 Å². The highest BCUT2D eigenvalue weighted by atomic mass is 32.2. The van der Waals surface area contributed by atoms with Crippen LogP contribution in [0.1, 0.15) is 10.4 Å². The van der Waals surface area contributed by atoms with Crippen molar-refractivity contribution in [1.82, 2.24) is 0 Å². The second-order valence-corrected chi connectivity index (χ2v) is 5.94. The molecule has 0 saturated heterocycles. The smallest absolute Gasteiger partial charge is 0.338 e. The second-order valence-electron chi connectivity index (χ2n) is 4.88. The Morgan fingerprint density at radius 1 is 1.15 bits per heavy atom. The summed E-state index contributed by atoms with van der Waals surface area (Å²) < 4.78 is 47.6. The van der Waals surface area contributed by atoms with Gasteiger partial charge in [0.25, 0.3) is 11.7 Å². The minimum atomic E-state index is -2.53. The number of nitrogens with one attached hydrogen (secondary N) is 1. The standard InChI is InChI=1S/C17H14F3NO4S/c1-24-14-7-2-10(8-13(14)18)16(23)25-9-15(22)21-11-3-5-12(6-4-11)26-17(19)20/h2-8,17H,9H2,1H3,(H,21,22). The van der Waals surface area contributed by atoms with Gasteiger partial charge in [0.05, 0.1) is 12.7 Å². The number of halogens is 3. The minimum absolute atomic E-state index is 0.0206. The quantitative estimate of drug-likeness (QED) is 0.578. The maximum atomic E-state index is 13.5. The Hall–Kier alpha value is -2.68. The highest BCUT2D eigenvalue weighted by Gasteiger charge is 2.13. The molecule has 0 saturated carbocycles. The van der Waals surface area contributed by atoms with E-state index in [2.05, 4.69) is 5.32 Å². The van der Waals surface area contributed by atoms with Gasteiger partial charge in [-0.25, -0.2) is 9.18 Å². The fraction of sp³-hybridized carbons (Fsp3) is 0.176. The number of ether oxygens (including phenoxy) is 2. The van der Waals surface area contributed by atoms with E-state index < -0.39 is 30.1 Å². The lowest BCUT2D eigenvalue weighted by molar-refractivity contribution is -0.119. The predicted octanol–water partition coefficient (Wildman–Crippen LogP) is 3.94. The van der Waals surface area contributed by atoms with Gasteiger partial charge in [-0.15, -0.1) is 0 Å². The van der Waals surface area contributed by atoms with Gasteiger partial charge in [0.2, 0.25) is 0 Å². The van der Waals surface area contributed by atoms with Gasteiger partial charge in [-0.2, -0.15) is 8.78 Å². The summed E-state index contributed by atoms with van der Waals surface area (Å²) in [6, 6.07) is 9.27. The number of carbonyl (C=O) groups is 2. The van der Waals surface area contributed by atoms with Gasteiger partial charge in [0, 0.05) is 10.6 Å². The number of anilines is 1. The van der Waals surface area contributed by atoms with E-state index in [9.17, 15) is 22.8 Å². The first-order chi connectivity index (χ1) is 12.4. The van der Waals surface area contributed by atoms with Crippen LogP contribution in [-0.4, -0.2) is 31.4 Å². The first-order valence-electron chi connectivity index (χ1n) is 7.24. The van der Waals surface area contributed by atoms with Crippen molar-refractivity contribution < 1.29 is 32.2 Å². The van der Waals surface area contributed by atoms with E-state index in [4.69, 9.17) is 9.47 Å². The number of rotatable bonds is 7. The molecule has 138 valence electrons. The Balaban J connectivity index is 1.86. The van der Waals surface area contributed by atoms with E-state index >= 15 is 0 Å². The average molecular weight is 385 g/mol. The van der Waals surface area contributed by atoms with Gasteiger partial charge < -0.3 is 14.8 Å². The Morgan fingerprint density at radius 3 is 2.42 bits per heavy atom. The van der Waals surface area contributed by atoms with Crippen LogP contribution in [0.3, 0.4) is 0 Å². The number of esters is 1. The van der Waals surface area contributed by atoms with Crippen molar-refractivity contribution in [2.45, 2.75) is 10.7 Å². The number of thioether (sulfide) groups is 1. The minimum Gasteiger partial charge on any atom is -0.494 e. The van der Waals surface area contributed by atoms with E-state index in [0.29, 0.717) is 22.3 Å². The number of methoxy groups -OCH3 is 1. The third-order valence-electron chi connectivity index (χ3n) is 3.09. The summed E-state index contributed by atoms with van der Waals surface area (Å²) in [4.78, 5) is 23.9.